The summed E-state index contributed by atoms with van der Waals surface area (Å²) in [7, 11) is -2.86. The van der Waals surface area contributed by atoms with Crippen molar-refractivity contribution in [2.24, 2.45) is 17.3 Å². The molecule has 16 heteroatoms. The van der Waals surface area contributed by atoms with Crippen molar-refractivity contribution >= 4 is 44.6 Å². The quantitative estimate of drug-likeness (QED) is 0.0774. The van der Waals surface area contributed by atoms with E-state index in [1.54, 1.807) is 35.9 Å². The van der Waals surface area contributed by atoms with Gasteiger partial charge in [0.1, 0.15) is 10.6 Å². The lowest BCUT2D eigenvalue weighted by Gasteiger charge is -2.16. The van der Waals surface area contributed by atoms with Gasteiger partial charge < -0.3 is 10.1 Å². The molecule has 1 amide bonds. The Morgan fingerprint density at radius 2 is 1.89 bits per heavy atom. The Labute approximate surface area is 258 Å². The Morgan fingerprint density at radius 3 is 2.58 bits per heavy atom. The first kappa shape index (κ1) is 31.0. The molecule has 5 rings (SSSR count). The number of amides is 1. The lowest BCUT2D eigenvalue weighted by molar-refractivity contribution is 0.102. The highest BCUT2D eigenvalue weighted by atomic mass is 32.2. The lowest BCUT2D eigenvalue weighted by Crippen LogP contribution is -2.16. The molecule has 0 radical (unpaired) electrons. The van der Waals surface area contributed by atoms with Crippen LogP contribution in [0.5, 0.6) is 5.75 Å². The first-order chi connectivity index (χ1) is 21.3. The molecule has 0 bridgehead atoms. The summed E-state index contributed by atoms with van der Waals surface area (Å²) in [6.45, 7) is 13.8. The van der Waals surface area contributed by atoms with Crippen LogP contribution < -0.4 is 10.1 Å². The number of carbonyl (C=O) groups excluding carboxylic acids is 1. The summed E-state index contributed by atoms with van der Waals surface area (Å²) in [5.74, 6) is 0.833. The predicted molar refractivity (Wildman–Crippen MR) is 164 cm³/mol. The summed E-state index contributed by atoms with van der Waals surface area (Å²) in [5.41, 5.74) is 2.09. The fraction of sp³-hybridized carbons (Fsp3) is 0.276. The number of nitrogens with one attached hydrogen (secondary N) is 2. The first-order valence-corrected chi connectivity index (χ1v) is 15.2. The van der Waals surface area contributed by atoms with Crippen LogP contribution in [-0.4, -0.2) is 55.1 Å². The zero-order valence-corrected chi connectivity index (χ0v) is 25.7. The molecule has 45 heavy (non-hydrogen) atoms. The van der Waals surface area contributed by atoms with Gasteiger partial charge in [0.25, 0.3) is 21.7 Å². The van der Waals surface area contributed by atoms with Crippen LogP contribution in [0.3, 0.4) is 0 Å². The average Bonchev–Trinajstić information content (AvgIpc) is 3.66. The Bertz CT molecular complexity index is 2050. The van der Waals surface area contributed by atoms with E-state index in [1.807, 2.05) is 20.8 Å². The number of hydrogen-bond acceptors (Lipinski definition) is 9. The highest BCUT2D eigenvalue weighted by molar-refractivity contribution is 7.86. The molecule has 0 fully saturated rings. The highest BCUT2D eigenvalue weighted by Crippen LogP contribution is 2.36. The molecular weight excluding hydrogens is 600 g/mol. The average molecular weight is 631 g/mol. The third kappa shape index (κ3) is 6.89. The van der Waals surface area contributed by atoms with Crippen molar-refractivity contribution in [3.05, 3.63) is 83.2 Å². The van der Waals surface area contributed by atoms with Crippen molar-refractivity contribution in [1.29, 1.82) is 0 Å². The van der Waals surface area contributed by atoms with E-state index in [4.69, 9.17) is 11.3 Å². The van der Waals surface area contributed by atoms with E-state index < -0.39 is 20.9 Å². The number of fused-ring (bicyclic) bond motifs is 1. The lowest BCUT2D eigenvalue weighted by atomic mass is 9.91. The number of H-pyrrole nitrogens is 1. The van der Waals surface area contributed by atoms with Crippen molar-refractivity contribution in [1.82, 2.24) is 29.6 Å². The molecule has 232 valence electrons. The first-order valence-electron chi connectivity index (χ1n) is 13.7. The standard InChI is InChI=1S/C29H30N10O5S/c1-29(2,3)25-24(34-35-26-21(30-4)17-31-38(26)5)27-33-23(36-39(27)37-25)11-8-16-44-19-14-12-18(13-15-19)32-28(40)20-9-6-7-10-22(20)45(41,42)43/h6-7,9-10,12-15,17,37H,8,11,16H2,1-3,5H3,(H,32,40)(H,41,42,43). The van der Waals surface area contributed by atoms with Gasteiger partial charge in [0.15, 0.2) is 17.3 Å². The third-order valence-corrected chi connectivity index (χ3v) is 7.57. The maximum atomic E-state index is 12.6. The topological polar surface area (TPSA) is 186 Å². The van der Waals surface area contributed by atoms with Gasteiger partial charge in [0.05, 0.1) is 30.6 Å². The maximum absolute atomic E-state index is 12.6. The van der Waals surface area contributed by atoms with Gasteiger partial charge in [-0.05, 0) is 42.8 Å². The number of benzene rings is 2. The van der Waals surface area contributed by atoms with Crippen LogP contribution in [0.4, 0.5) is 22.9 Å². The number of carbonyl (C=O) groups is 1. The van der Waals surface area contributed by atoms with Gasteiger partial charge in [-0.1, -0.05) is 32.9 Å². The number of azo groups is 1. The smallest absolute Gasteiger partial charge is 0.295 e. The molecule has 0 unspecified atom stereocenters. The normalized spacial score (nSPS) is 12.1. The highest BCUT2D eigenvalue weighted by Gasteiger charge is 2.26. The number of aromatic amines is 1. The zero-order chi connectivity index (χ0) is 32.4. The van der Waals surface area contributed by atoms with Gasteiger partial charge in [-0.2, -0.15) is 18.1 Å². The SMILES string of the molecule is [C-]#[N+]c1cnn(C)c1N=Nc1c(C(C)(C)C)[nH]n2nc(CCCOc3ccc(NC(=O)c4ccccc4S(=O)(=O)O)cc3)nc12. The summed E-state index contributed by atoms with van der Waals surface area (Å²) in [5, 5.41) is 23.3. The summed E-state index contributed by atoms with van der Waals surface area (Å²) in [4.78, 5) is 20.3. The number of aromatic nitrogens is 6. The number of rotatable bonds is 10. The van der Waals surface area contributed by atoms with Crippen LogP contribution in [0.15, 0.2) is 69.9 Å². The van der Waals surface area contributed by atoms with Gasteiger partial charge in [-0.3, -0.25) is 19.1 Å². The van der Waals surface area contributed by atoms with Crippen LogP contribution in [0, 0.1) is 6.57 Å². The molecule has 0 aliphatic carbocycles. The number of ether oxygens (including phenoxy) is 1. The number of hydrogen-bond donors (Lipinski definition) is 3. The fourth-order valence-corrected chi connectivity index (χ4v) is 5.11. The van der Waals surface area contributed by atoms with Gasteiger partial charge in [0.2, 0.25) is 5.65 Å². The number of nitrogens with zero attached hydrogens (tertiary/aromatic N) is 8. The Morgan fingerprint density at radius 1 is 1.16 bits per heavy atom. The van der Waals surface area contributed by atoms with E-state index in [2.05, 4.69) is 40.7 Å². The molecule has 0 saturated heterocycles. The molecule has 3 N–H and O–H groups in total. The number of aryl methyl sites for hydroxylation is 2. The summed E-state index contributed by atoms with van der Waals surface area (Å²) in [6, 6.07) is 12.0. The molecule has 0 saturated carbocycles. The minimum absolute atomic E-state index is 0.169. The van der Waals surface area contributed by atoms with E-state index in [9.17, 15) is 17.8 Å². The van der Waals surface area contributed by atoms with Crippen molar-refractivity contribution in [3.8, 4) is 5.75 Å². The molecule has 0 atom stereocenters. The molecule has 0 aliphatic rings. The Kier molecular flexibility index (Phi) is 8.49. The molecule has 3 heterocycles. The molecule has 3 aromatic heterocycles. The fourth-order valence-electron chi connectivity index (χ4n) is 4.42. The second-order valence-corrected chi connectivity index (χ2v) is 12.4. The summed E-state index contributed by atoms with van der Waals surface area (Å²) < 4.78 is 41.5. The van der Waals surface area contributed by atoms with E-state index in [-0.39, 0.29) is 11.0 Å². The number of anilines is 1. The van der Waals surface area contributed by atoms with E-state index in [0.717, 1.165) is 11.8 Å². The molecular formula is C29H30N10O5S. The van der Waals surface area contributed by atoms with Crippen LogP contribution in [0.1, 0.15) is 49.1 Å². The van der Waals surface area contributed by atoms with Crippen molar-refractivity contribution in [2.45, 2.75) is 43.9 Å². The minimum Gasteiger partial charge on any atom is -0.494 e. The van der Waals surface area contributed by atoms with Gasteiger partial charge >= 0.3 is 0 Å². The van der Waals surface area contributed by atoms with Crippen molar-refractivity contribution in [3.63, 3.8) is 0 Å². The van der Waals surface area contributed by atoms with Gasteiger partial charge in [0, 0.05) is 24.6 Å². The molecule has 5 aromatic rings. The molecule has 2 aromatic carbocycles. The van der Waals surface area contributed by atoms with Crippen molar-refractivity contribution in [2.75, 3.05) is 11.9 Å². The zero-order valence-electron chi connectivity index (χ0n) is 24.9. The second kappa shape index (κ2) is 12.3. The Hall–Kier alpha value is -5.40. The third-order valence-electron chi connectivity index (χ3n) is 6.66. The van der Waals surface area contributed by atoms with Crippen LogP contribution >= 0.6 is 0 Å². The molecule has 15 nitrogen and oxygen atoms in total. The van der Waals surface area contributed by atoms with Gasteiger partial charge in [-0.15, -0.1) is 15.3 Å². The molecule has 0 spiro atoms. The van der Waals surface area contributed by atoms with E-state index >= 15 is 0 Å². The summed E-state index contributed by atoms with van der Waals surface area (Å²) in [6.07, 6.45) is 2.59. The maximum Gasteiger partial charge on any atom is 0.295 e. The van der Waals surface area contributed by atoms with Crippen LogP contribution in [-0.2, 0) is 29.0 Å². The largest absolute Gasteiger partial charge is 0.494 e. The van der Waals surface area contributed by atoms with Crippen LogP contribution in [0.25, 0.3) is 10.5 Å². The molecule has 0 aliphatic heterocycles. The van der Waals surface area contributed by atoms with Crippen molar-refractivity contribution < 1.29 is 22.5 Å². The minimum atomic E-state index is -4.55. The Balaban J connectivity index is 1.21. The second-order valence-electron chi connectivity index (χ2n) is 11.0. The van der Waals surface area contributed by atoms with E-state index in [1.165, 1.54) is 29.1 Å². The predicted octanol–water partition coefficient (Wildman–Crippen LogP) is 5.57. The monoisotopic (exact) mass is 630 g/mol. The van der Waals surface area contributed by atoms with Crippen LogP contribution in [0.2, 0.25) is 0 Å². The van der Waals surface area contributed by atoms with E-state index in [0.29, 0.717) is 59.5 Å². The summed E-state index contributed by atoms with van der Waals surface area (Å²) >= 11 is 0. The van der Waals surface area contributed by atoms with Gasteiger partial charge in [-0.25, -0.2) is 9.83 Å².